The molecule has 3 rings (SSSR count). The number of nitrogens with two attached hydrogens (primary N) is 1. The van der Waals surface area contributed by atoms with Gasteiger partial charge in [-0.2, -0.15) is 0 Å². The van der Waals surface area contributed by atoms with Crippen molar-refractivity contribution in [3.63, 3.8) is 0 Å². The van der Waals surface area contributed by atoms with Crippen LogP contribution in [0.25, 0.3) is 0 Å². The molecular weight excluding hydrogens is 275 g/mol. The molecule has 1 fully saturated rings. The van der Waals surface area contributed by atoms with E-state index in [2.05, 4.69) is 29.2 Å². The Balaban J connectivity index is 1.70. The van der Waals surface area contributed by atoms with E-state index in [1.54, 1.807) is 0 Å². The van der Waals surface area contributed by atoms with Crippen LogP contribution in [0.4, 0.5) is 4.39 Å². The fraction of sp³-hybridized carbons (Fsp3) is 0.368. The summed E-state index contributed by atoms with van der Waals surface area (Å²) in [5.74, 6) is -0.176. The third kappa shape index (κ3) is 3.93. The molecule has 0 aromatic heterocycles. The second-order valence-electron chi connectivity index (χ2n) is 6.22. The molecule has 1 heterocycles. The molecule has 1 aliphatic rings. The highest BCUT2D eigenvalue weighted by Gasteiger charge is 2.26. The first-order chi connectivity index (χ1) is 10.7. The van der Waals surface area contributed by atoms with Gasteiger partial charge in [0.05, 0.1) is 0 Å². The van der Waals surface area contributed by atoms with Crippen LogP contribution < -0.4 is 5.73 Å². The molecule has 2 atom stereocenters. The first-order valence-corrected chi connectivity index (χ1v) is 7.99. The molecule has 0 radical (unpaired) electrons. The fourth-order valence-corrected chi connectivity index (χ4v) is 3.26. The summed E-state index contributed by atoms with van der Waals surface area (Å²) in [5, 5.41) is 0. The van der Waals surface area contributed by atoms with Crippen molar-refractivity contribution in [1.82, 2.24) is 4.90 Å². The van der Waals surface area contributed by atoms with Gasteiger partial charge in [-0.1, -0.05) is 42.5 Å². The van der Waals surface area contributed by atoms with Gasteiger partial charge in [-0.3, -0.25) is 4.90 Å². The molecular formula is C19H23FN2. The van der Waals surface area contributed by atoms with Gasteiger partial charge in [0.25, 0.3) is 0 Å². The molecule has 2 N–H and O–H groups in total. The Bertz CT molecular complexity index is 582. The lowest BCUT2D eigenvalue weighted by molar-refractivity contribution is 0.127. The fourth-order valence-electron chi connectivity index (χ4n) is 3.26. The van der Waals surface area contributed by atoms with E-state index in [0.29, 0.717) is 6.04 Å². The molecule has 0 amide bonds. The maximum absolute atomic E-state index is 13.1. The summed E-state index contributed by atoms with van der Waals surface area (Å²) in [4.78, 5) is 2.49. The zero-order valence-corrected chi connectivity index (χ0v) is 12.8. The third-order valence-corrected chi connectivity index (χ3v) is 4.49. The standard InChI is InChI=1S/C19H23FN2/c20-17-8-6-16(7-9-17)14-22-11-10-18(21)13-19(22)12-15-4-2-1-3-5-15/h1-9,18-19H,10-14,21H2. The lowest BCUT2D eigenvalue weighted by Crippen LogP contribution is -2.47. The number of hydrogen-bond donors (Lipinski definition) is 1. The summed E-state index contributed by atoms with van der Waals surface area (Å²) in [7, 11) is 0. The van der Waals surface area contributed by atoms with Crippen LogP contribution >= 0.6 is 0 Å². The van der Waals surface area contributed by atoms with Crippen molar-refractivity contribution in [2.24, 2.45) is 5.73 Å². The average molecular weight is 298 g/mol. The van der Waals surface area contributed by atoms with Crippen molar-refractivity contribution < 1.29 is 4.39 Å². The van der Waals surface area contributed by atoms with E-state index in [1.807, 2.05) is 18.2 Å². The van der Waals surface area contributed by atoms with Gasteiger partial charge in [0, 0.05) is 25.2 Å². The normalized spacial score (nSPS) is 22.6. The number of hydrogen-bond acceptors (Lipinski definition) is 2. The molecule has 1 saturated heterocycles. The quantitative estimate of drug-likeness (QED) is 0.938. The largest absolute Gasteiger partial charge is 0.328 e. The summed E-state index contributed by atoms with van der Waals surface area (Å²) >= 11 is 0. The molecule has 0 saturated carbocycles. The number of benzene rings is 2. The number of halogens is 1. The van der Waals surface area contributed by atoms with E-state index in [1.165, 1.54) is 17.7 Å². The topological polar surface area (TPSA) is 29.3 Å². The van der Waals surface area contributed by atoms with Crippen LogP contribution in [0, 0.1) is 5.82 Å². The van der Waals surface area contributed by atoms with Crippen LogP contribution in [0.15, 0.2) is 54.6 Å². The summed E-state index contributed by atoms with van der Waals surface area (Å²) in [6, 6.07) is 18.2. The second kappa shape index (κ2) is 7.03. The van der Waals surface area contributed by atoms with Gasteiger partial charge in [-0.25, -0.2) is 4.39 Å². The zero-order valence-electron chi connectivity index (χ0n) is 12.8. The second-order valence-corrected chi connectivity index (χ2v) is 6.22. The highest BCUT2D eigenvalue weighted by molar-refractivity contribution is 5.18. The SMILES string of the molecule is NC1CCN(Cc2ccc(F)cc2)C(Cc2ccccc2)C1. The van der Waals surface area contributed by atoms with Gasteiger partial charge >= 0.3 is 0 Å². The van der Waals surface area contributed by atoms with E-state index >= 15 is 0 Å². The lowest BCUT2D eigenvalue weighted by Gasteiger charge is -2.38. The predicted molar refractivity (Wildman–Crippen MR) is 88.0 cm³/mol. The van der Waals surface area contributed by atoms with Gasteiger partial charge in [-0.15, -0.1) is 0 Å². The third-order valence-electron chi connectivity index (χ3n) is 4.49. The molecule has 0 spiro atoms. The van der Waals surface area contributed by atoms with Crippen molar-refractivity contribution in [1.29, 1.82) is 0 Å². The smallest absolute Gasteiger partial charge is 0.123 e. The summed E-state index contributed by atoms with van der Waals surface area (Å²) in [6.45, 7) is 1.88. The number of likely N-dealkylation sites (tertiary alicyclic amines) is 1. The van der Waals surface area contributed by atoms with Crippen molar-refractivity contribution >= 4 is 0 Å². The van der Waals surface area contributed by atoms with E-state index < -0.39 is 0 Å². The molecule has 1 aliphatic heterocycles. The molecule has 3 heteroatoms. The molecule has 2 nitrogen and oxygen atoms in total. The monoisotopic (exact) mass is 298 g/mol. The van der Waals surface area contributed by atoms with Gasteiger partial charge in [0.1, 0.15) is 5.82 Å². The van der Waals surface area contributed by atoms with Crippen LogP contribution in [0.2, 0.25) is 0 Å². The minimum absolute atomic E-state index is 0.176. The first-order valence-electron chi connectivity index (χ1n) is 7.99. The van der Waals surface area contributed by atoms with Crippen LogP contribution in [0.5, 0.6) is 0 Å². The van der Waals surface area contributed by atoms with Gasteiger partial charge < -0.3 is 5.73 Å². The van der Waals surface area contributed by atoms with Crippen LogP contribution in [-0.4, -0.2) is 23.5 Å². The maximum atomic E-state index is 13.1. The minimum atomic E-state index is -0.176. The lowest BCUT2D eigenvalue weighted by atomic mass is 9.92. The van der Waals surface area contributed by atoms with Crippen molar-refractivity contribution in [3.8, 4) is 0 Å². The summed E-state index contributed by atoms with van der Waals surface area (Å²) in [6.07, 6.45) is 3.08. The Labute approximate surface area is 131 Å². The van der Waals surface area contributed by atoms with Crippen LogP contribution in [0.3, 0.4) is 0 Å². The molecule has 2 unspecified atom stereocenters. The molecule has 116 valence electrons. The van der Waals surface area contributed by atoms with Gasteiger partial charge in [0.2, 0.25) is 0 Å². The Morgan fingerprint density at radius 1 is 1.00 bits per heavy atom. The van der Waals surface area contributed by atoms with Crippen LogP contribution in [0.1, 0.15) is 24.0 Å². The Morgan fingerprint density at radius 3 is 2.45 bits per heavy atom. The highest BCUT2D eigenvalue weighted by atomic mass is 19.1. The highest BCUT2D eigenvalue weighted by Crippen LogP contribution is 2.22. The molecule has 0 aliphatic carbocycles. The Hall–Kier alpha value is -1.71. The van der Waals surface area contributed by atoms with Crippen LogP contribution in [-0.2, 0) is 13.0 Å². The van der Waals surface area contributed by atoms with Crippen molar-refractivity contribution in [2.45, 2.75) is 37.9 Å². The van der Waals surface area contributed by atoms with Gasteiger partial charge in [0.15, 0.2) is 0 Å². The molecule has 22 heavy (non-hydrogen) atoms. The van der Waals surface area contributed by atoms with Crippen molar-refractivity contribution in [3.05, 3.63) is 71.5 Å². The van der Waals surface area contributed by atoms with E-state index in [9.17, 15) is 4.39 Å². The maximum Gasteiger partial charge on any atom is 0.123 e. The summed E-state index contributed by atoms with van der Waals surface area (Å²) < 4.78 is 13.1. The number of rotatable bonds is 4. The van der Waals surface area contributed by atoms with Gasteiger partial charge in [-0.05, 0) is 42.5 Å². The first kappa shape index (κ1) is 15.2. The number of nitrogens with zero attached hydrogens (tertiary/aromatic N) is 1. The van der Waals surface area contributed by atoms with Crippen molar-refractivity contribution in [2.75, 3.05) is 6.54 Å². The zero-order chi connectivity index (χ0) is 15.4. The molecule has 0 bridgehead atoms. The average Bonchev–Trinajstić information content (AvgIpc) is 2.53. The summed E-state index contributed by atoms with van der Waals surface area (Å²) in [5.41, 5.74) is 8.69. The van der Waals surface area contributed by atoms with E-state index in [-0.39, 0.29) is 11.9 Å². The minimum Gasteiger partial charge on any atom is -0.328 e. The Kier molecular flexibility index (Phi) is 4.86. The van der Waals surface area contributed by atoms with E-state index in [4.69, 9.17) is 5.73 Å². The van der Waals surface area contributed by atoms with E-state index in [0.717, 1.165) is 37.9 Å². The number of piperidine rings is 1. The molecule has 2 aromatic carbocycles. The predicted octanol–water partition coefficient (Wildman–Crippen LogP) is 3.36. The molecule has 2 aromatic rings. The Morgan fingerprint density at radius 2 is 1.73 bits per heavy atom.